The second kappa shape index (κ2) is 4.75. The average molecular weight is 259 g/mol. The summed E-state index contributed by atoms with van der Waals surface area (Å²) < 4.78 is 0. The molecule has 0 saturated heterocycles. The molecular formula is C16H15ClO. The van der Waals surface area contributed by atoms with E-state index in [1.54, 1.807) is 0 Å². The van der Waals surface area contributed by atoms with Crippen LogP contribution in [0.4, 0.5) is 0 Å². The van der Waals surface area contributed by atoms with Crippen molar-refractivity contribution in [3.63, 3.8) is 0 Å². The van der Waals surface area contributed by atoms with E-state index in [0.717, 1.165) is 23.1 Å². The summed E-state index contributed by atoms with van der Waals surface area (Å²) in [6.07, 6.45) is 18.6. The molecule has 0 spiro atoms. The molecule has 1 N–H and O–H groups in total. The Labute approximate surface area is 112 Å². The van der Waals surface area contributed by atoms with Crippen LogP contribution >= 0.6 is 11.6 Å². The molecule has 0 aromatic carbocycles. The van der Waals surface area contributed by atoms with Gasteiger partial charge in [0.1, 0.15) is 0 Å². The molecule has 0 aliphatic heterocycles. The van der Waals surface area contributed by atoms with Gasteiger partial charge in [0.05, 0.1) is 11.5 Å². The Morgan fingerprint density at radius 3 is 2.89 bits per heavy atom. The maximum Gasteiger partial charge on any atom is 0.0827 e. The standard InChI is InChI=1S/C16H15ClO/c17-15-7-3-5-11-8-9-16(18)13-6-2-1-4-12(13)10-14(11)15/h1-6,8-10,13,15-16,18H,7H2/b9-8-,12-10-. The molecule has 18 heavy (non-hydrogen) atoms. The molecular weight excluding hydrogens is 244 g/mol. The van der Waals surface area contributed by atoms with E-state index < -0.39 is 6.10 Å². The lowest BCUT2D eigenvalue weighted by molar-refractivity contribution is 0.193. The van der Waals surface area contributed by atoms with Crippen LogP contribution in [-0.4, -0.2) is 16.6 Å². The molecule has 0 amide bonds. The minimum absolute atomic E-state index is 0.0253. The van der Waals surface area contributed by atoms with E-state index in [2.05, 4.69) is 24.3 Å². The van der Waals surface area contributed by atoms with Crippen LogP contribution in [0, 0.1) is 5.92 Å². The minimum atomic E-state index is -0.476. The number of rotatable bonds is 0. The van der Waals surface area contributed by atoms with Gasteiger partial charge in [0.25, 0.3) is 0 Å². The molecule has 0 aromatic rings. The van der Waals surface area contributed by atoms with Gasteiger partial charge in [-0.1, -0.05) is 54.7 Å². The minimum Gasteiger partial charge on any atom is -0.388 e. The molecule has 0 saturated carbocycles. The van der Waals surface area contributed by atoms with Crippen LogP contribution in [0.15, 0.2) is 71.4 Å². The third-order valence-corrected chi connectivity index (χ3v) is 3.99. The van der Waals surface area contributed by atoms with Gasteiger partial charge < -0.3 is 5.11 Å². The predicted molar refractivity (Wildman–Crippen MR) is 75.4 cm³/mol. The molecule has 3 aliphatic carbocycles. The van der Waals surface area contributed by atoms with Crippen LogP contribution in [0.1, 0.15) is 6.42 Å². The summed E-state index contributed by atoms with van der Waals surface area (Å²) in [4.78, 5) is 0. The van der Waals surface area contributed by atoms with Crippen LogP contribution in [0.5, 0.6) is 0 Å². The zero-order valence-corrected chi connectivity index (χ0v) is 10.7. The van der Waals surface area contributed by atoms with Crippen LogP contribution < -0.4 is 0 Å². The Balaban J connectivity index is 2.12. The Bertz CT molecular complexity index is 531. The molecule has 0 aromatic heterocycles. The topological polar surface area (TPSA) is 20.2 Å². The van der Waals surface area contributed by atoms with Gasteiger partial charge in [-0.15, -0.1) is 11.6 Å². The Morgan fingerprint density at radius 1 is 1.11 bits per heavy atom. The zero-order valence-electron chi connectivity index (χ0n) is 9.96. The van der Waals surface area contributed by atoms with Crippen LogP contribution in [0.2, 0.25) is 0 Å². The maximum atomic E-state index is 10.2. The summed E-state index contributed by atoms with van der Waals surface area (Å²) in [5.41, 5.74) is 3.39. The summed E-state index contributed by atoms with van der Waals surface area (Å²) in [6.45, 7) is 0. The first-order valence-corrected chi connectivity index (χ1v) is 6.67. The smallest absolute Gasteiger partial charge is 0.0827 e. The molecule has 2 heteroatoms. The summed E-state index contributed by atoms with van der Waals surface area (Å²) in [6, 6.07) is 0. The van der Waals surface area contributed by atoms with Crippen LogP contribution in [-0.2, 0) is 0 Å². The summed E-state index contributed by atoms with van der Waals surface area (Å²) >= 11 is 6.39. The normalized spacial score (nSPS) is 38.3. The van der Waals surface area contributed by atoms with E-state index in [1.807, 2.05) is 30.4 Å². The summed E-state index contributed by atoms with van der Waals surface area (Å²) in [5, 5.41) is 10.2. The highest BCUT2D eigenvalue weighted by Crippen LogP contribution is 2.33. The fraction of sp³-hybridized carbons (Fsp3) is 0.250. The first-order chi connectivity index (χ1) is 8.75. The highest BCUT2D eigenvalue weighted by atomic mass is 35.5. The first-order valence-electron chi connectivity index (χ1n) is 6.23. The zero-order chi connectivity index (χ0) is 12.5. The molecule has 0 bridgehead atoms. The lowest BCUT2D eigenvalue weighted by Crippen LogP contribution is -2.21. The Morgan fingerprint density at radius 2 is 2.00 bits per heavy atom. The number of hydrogen-bond acceptors (Lipinski definition) is 1. The van der Waals surface area contributed by atoms with Crippen molar-refractivity contribution in [1.29, 1.82) is 0 Å². The maximum absolute atomic E-state index is 10.2. The molecule has 0 heterocycles. The van der Waals surface area contributed by atoms with Crippen LogP contribution in [0.3, 0.4) is 0 Å². The summed E-state index contributed by atoms with van der Waals surface area (Å²) in [7, 11) is 0. The molecule has 0 radical (unpaired) electrons. The number of hydrogen-bond donors (Lipinski definition) is 1. The SMILES string of the molecule is OC1/C=C\C2=C(/C=C3/C=CC=CC31)C(Cl)CC=C2. The quantitative estimate of drug-likeness (QED) is 0.660. The van der Waals surface area contributed by atoms with Crippen molar-refractivity contribution in [2.24, 2.45) is 5.92 Å². The van der Waals surface area contributed by atoms with E-state index in [-0.39, 0.29) is 11.3 Å². The number of halogens is 1. The number of allylic oxidation sites excluding steroid dienone is 9. The lowest BCUT2D eigenvalue weighted by atomic mass is 9.83. The van der Waals surface area contributed by atoms with Gasteiger partial charge in [0.15, 0.2) is 0 Å². The van der Waals surface area contributed by atoms with Gasteiger partial charge in [-0.25, -0.2) is 0 Å². The van der Waals surface area contributed by atoms with Gasteiger partial charge in [-0.2, -0.15) is 0 Å². The van der Waals surface area contributed by atoms with Gasteiger partial charge in [0.2, 0.25) is 0 Å². The van der Waals surface area contributed by atoms with Crippen molar-refractivity contribution < 1.29 is 5.11 Å². The Hall–Kier alpha value is -1.31. The number of fused-ring (bicyclic) bond motifs is 1. The van der Waals surface area contributed by atoms with Crippen molar-refractivity contribution in [2.45, 2.75) is 17.9 Å². The molecule has 1 nitrogen and oxygen atoms in total. The van der Waals surface area contributed by atoms with Crippen molar-refractivity contribution >= 4 is 11.6 Å². The van der Waals surface area contributed by atoms with Crippen LogP contribution in [0.25, 0.3) is 0 Å². The van der Waals surface area contributed by atoms with Crippen molar-refractivity contribution in [3.05, 3.63) is 71.4 Å². The van der Waals surface area contributed by atoms with Gasteiger partial charge >= 0.3 is 0 Å². The first kappa shape index (κ1) is 11.8. The van der Waals surface area contributed by atoms with Crippen molar-refractivity contribution in [2.75, 3.05) is 0 Å². The Kier molecular flexibility index (Phi) is 3.11. The fourth-order valence-corrected chi connectivity index (χ4v) is 2.87. The van der Waals surface area contributed by atoms with E-state index in [1.165, 1.54) is 0 Å². The molecule has 0 fully saturated rings. The second-order valence-corrected chi connectivity index (χ2v) is 5.31. The molecule has 3 unspecified atom stereocenters. The lowest BCUT2D eigenvalue weighted by Gasteiger charge is -2.25. The third-order valence-electron chi connectivity index (χ3n) is 3.58. The third kappa shape index (κ3) is 2.05. The van der Waals surface area contributed by atoms with E-state index in [4.69, 9.17) is 11.6 Å². The second-order valence-electron chi connectivity index (χ2n) is 4.78. The highest BCUT2D eigenvalue weighted by Gasteiger charge is 2.23. The monoisotopic (exact) mass is 258 g/mol. The number of aliphatic hydroxyl groups is 1. The average Bonchev–Trinajstić information content (AvgIpc) is 2.38. The van der Waals surface area contributed by atoms with Gasteiger partial charge in [-0.3, -0.25) is 0 Å². The van der Waals surface area contributed by atoms with Gasteiger partial charge in [-0.05, 0) is 23.1 Å². The van der Waals surface area contributed by atoms with E-state index in [9.17, 15) is 5.11 Å². The van der Waals surface area contributed by atoms with Crippen molar-refractivity contribution in [3.8, 4) is 0 Å². The molecule has 3 rings (SSSR count). The van der Waals surface area contributed by atoms with E-state index >= 15 is 0 Å². The molecule has 3 atom stereocenters. The van der Waals surface area contributed by atoms with E-state index in [0.29, 0.717) is 0 Å². The predicted octanol–water partition coefficient (Wildman–Crippen LogP) is 3.45. The summed E-state index contributed by atoms with van der Waals surface area (Å²) in [5.74, 6) is 0.0371. The number of alkyl halides is 1. The molecule has 92 valence electrons. The largest absolute Gasteiger partial charge is 0.388 e. The van der Waals surface area contributed by atoms with Gasteiger partial charge in [0, 0.05) is 5.92 Å². The van der Waals surface area contributed by atoms with Crippen molar-refractivity contribution in [1.82, 2.24) is 0 Å². The highest BCUT2D eigenvalue weighted by molar-refractivity contribution is 6.23. The molecule has 3 aliphatic rings. The number of aliphatic hydroxyl groups excluding tert-OH is 1. The fourth-order valence-electron chi connectivity index (χ4n) is 2.57.